The molecule has 3 nitrogen and oxygen atoms in total. The summed E-state index contributed by atoms with van der Waals surface area (Å²) in [5, 5.41) is 2.88. The molecule has 1 amide bonds. The van der Waals surface area contributed by atoms with Gasteiger partial charge in [-0.1, -0.05) is 12.1 Å². The van der Waals surface area contributed by atoms with E-state index >= 15 is 0 Å². The van der Waals surface area contributed by atoms with Crippen LogP contribution in [0.5, 0.6) is 0 Å². The zero-order chi connectivity index (χ0) is 13.2. The van der Waals surface area contributed by atoms with Gasteiger partial charge in [-0.15, -0.1) is 0 Å². The summed E-state index contributed by atoms with van der Waals surface area (Å²) >= 11 is 0. The molecule has 0 radical (unpaired) electrons. The Morgan fingerprint density at radius 2 is 2.16 bits per heavy atom. The van der Waals surface area contributed by atoms with Gasteiger partial charge in [0.1, 0.15) is 11.6 Å². The van der Waals surface area contributed by atoms with Crippen molar-refractivity contribution in [2.24, 2.45) is 0 Å². The normalized spacial score (nSPS) is 17.8. The van der Waals surface area contributed by atoms with E-state index < -0.39 is 5.82 Å². The van der Waals surface area contributed by atoms with Crippen molar-refractivity contribution in [2.75, 3.05) is 0 Å². The van der Waals surface area contributed by atoms with Gasteiger partial charge in [0.25, 0.3) is 5.91 Å². The summed E-state index contributed by atoms with van der Waals surface area (Å²) in [6.07, 6.45) is 4.35. The van der Waals surface area contributed by atoms with Gasteiger partial charge >= 0.3 is 0 Å². The number of furan rings is 1. The van der Waals surface area contributed by atoms with Gasteiger partial charge in [-0.3, -0.25) is 4.79 Å². The average Bonchev–Trinajstić information content (AvgIpc) is 2.88. The molecule has 1 unspecified atom stereocenters. The lowest BCUT2D eigenvalue weighted by Gasteiger charge is -2.22. The van der Waals surface area contributed by atoms with E-state index in [0.29, 0.717) is 0 Å². The fourth-order valence-corrected chi connectivity index (χ4v) is 2.52. The van der Waals surface area contributed by atoms with Crippen LogP contribution in [0, 0.1) is 5.82 Å². The second kappa shape index (κ2) is 4.88. The van der Waals surface area contributed by atoms with Crippen LogP contribution in [0.25, 0.3) is 0 Å². The van der Waals surface area contributed by atoms with E-state index in [-0.39, 0.29) is 17.5 Å². The summed E-state index contributed by atoms with van der Waals surface area (Å²) in [4.78, 5) is 12.1. The number of amides is 1. The molecule has 1 aliphatic rings. The van der Waals surface area contributed by atoms with E-state index in [4.69, 9.17) is 4.42 Å². The minimum atomic E-state index is -0.497. The van der Waals surface area contributed by atoms with Crippen molar-refractivity contribution in [3.8, 4) is 0 Å². The number of aryl methyl sites for hydroxylation is 1. The Morgan fingerprint density at radius 3 is 3.00 bits per heavy atom. The summed E-state index contributed by atoms with van der Waals surface area (Å²) in [7, 11) is 0. The van der Waals surface area contributed by atoms with Gasteiger partial charge in [0, 0.05) is 12.0 Å². The highest BCUT2D eigenvalue weighted by atomic mass is 19.1. The van der Waals surface area contributed by atoms with Crippen molar-refractivity contribution in [2.45, 2.75) is 25.3 Å². The van der Waals surface area contributed by atoms with Crippen molar-refractivity contribution in [1.29, 1.82) is 0 Å². The van der Waals surface area contributed by atoms with E-state index in [9.17, 15) is 9.18 Å². The Bertz CT molecular complexity index is 606. The van der Waals surface area contributed by atoms with Gasteiger partial charge in [-0.05, 0) is 31.0 Å². The van der Waals surface area contributed by atoms with E-state index in [2.05, 4.69) is 5.32 Å². The van der Waals surface area contributed by atoms with Gasteiger partial charge in [-0.2, -0.15) is 0 Å². The summed E-state index contributed by atoms with van der Waals surface area (Å²) in [5.41, 5.74) is 1.09. The zero-order valence-electron chi connectivity index (χ0n) is 10.4. The Labute approximate surface area is 110 Å². The van der Waals surface area contributed by atoms with Gasteiger partial charge in [0.05, 0.1) is 17.9 Å². The van der Waals surface area contributed by atoms with E-state index in [1.165, 1.54) is 12.1 Å². The van der Waals surface area contributed by atoms with Crippen LogP contribution in [0.1, 0.15) is 40.6 Å². The number of rotatable bonds is 2. The molecule has 1 aromatic carbocycles. The van der Waals surface area contributed by atoms with Crippen LogP contribution in [0.15, 0.2) is 41.0 Å². The van der Waals surface area contributed by atoms with Gasteiger partial charge < -0.3 is 9.73 Å². The highest BCUT2D eigenvalue weighted by molar-refractivity contribution is 5.94. The number of carbonyl (C=O) groups excluding carboxylic acids is 1. The van der Waals surface area contributed by atoms with Crippen molar-refractivity contribution in [1.82, 2.24) is 5.32 Å². The van der Waals surface area contributed by atoms with E-state index in [0.717, 1.165) is 30.6 Å². The van der Waals surface area contributed by atoms with E-state index in [1.807, 2.05) is 6.07 Å². The molecule has 0 aliphatic heterocycles. The lowest BCUT2D eigenvalue weighted by molar-refractivity contribution is 0.0928. The van der Waals surface area contributed by atoms with Crippen LogP contribution in [0.3, 0.4) is 0 Å². The molecule has 0 saturated carbocycles. The molecule has 1 N–H and O–H groups in total. The lowest BCUT2D eigenvalue weighted by Crippen LogP contribution is -2.31. The average molecular weight is 259 g/mol. The maximum absolute atomic E-state index is 13.6. The molecule has 2 aromatic rings. The number of nitrogens with one attached hydrogen (secondary N) is 1. The SMILES string of the molecule is O=C(NC1CCCc2occc21)c1ccccc1F. The highest BCUT2D eigenvalue weighted by Gasteiger charge is 2.25. The van der Waals surface area contributed by atoms with Crippen molar-refractivity contribution in [3.63, 3.8) is 0 Å². The van der Waals surface area contributed by atoms with Crippen LogP contribution in [-0.4, -0.2) is 5.91 Å². The Kier molecular flexibility index (Phi) is 3.07. The third-order valence-corrected chi connectivity index (χ3v) is 3.48. The van der Waals surface area contributed by atoms with Crippen LogP contribution < -0.4 is 5.32 Å². The number of fused-ring (bicyclic) bond motifs is 1. The Balaban J connectivity index is 1.80. The molecule has 19 heavy (non-hydrogen) atoms. The van der Waals surface area contributed by atoms with Crippen molar-refractivity contribution in [3.05, 3.63) is 59.3 Å². The number of hydrogen-bond donors (Lipinski definition) is 1. The topological polar surface area (TPSA) is 42.2 Å². The number of benzene rings is 1. The molecule has 4 heteroatoms. The molecule has 1 aromatic heterocycles. The molecular formula is C15H14FNO2. The first-order chi connectivity index (χ1) is 9.25. The van der Waals surface area contributed by atoms with Crippen LogP contribution in [0.4, 0.5) is 4.39 Å². The standard InChI is InChI=1S/C15H14FNO2/c16-12-5-2-1-4-10(12)15(18)17-13-6-3-7-14-11(13)8-9-19-14/h1-2,4-5,8-9,13H,3,6-7H2,(H,17,18). The molecule has 0 fully saturated rings. The van der Waals surface area contributed by atoms with Crippen LogP contribution in [0.2, 0.25) is 0 Å². The first kappa shape index (κ1) is 12.0. The fraction of sp³-hybridized carbons (Fsp3) is 0.267. The number of halogens is 1. The second-order valence-electron chi connectivity index (χ2n) is 4.70. The number of hydrogen-bond acceptors (Lipinski definition) is 2. The van der Waals surface area contributed by atoms with Crippen LogP contribution in [-0.2, 0) is 6.42 Å². The van der Waals surface area contributed by atoms with E-state index in [1.54, 1.807) is 18.4 Å². The Morgan fingerprint density at radius 1 is 1.32 bits per heavy atom. The van der Waals surface area contributed by atoms with Gasteiger partial charge in [-0.25, -0.2) is 4.39 Å². The fourth-order valence-electron chi connectivity index (χ4n) is 2.52. The second-order valence-corrected chi connectivity index (χ2v) is 4.70. The van der Waals surface area contributed by atoms with Crippen molar-refractivity contribution < 1.29 is 13.6 Å². The molecule has 1 aliphatic carbocycles. The Hall–Kier alpha value is -2.10. The van der Waals surface area contributed by atoms with Gasteiger partial charge in [0.2, 0.25) is 0 Å². The van der Waals surface area contributed by atoms with Crippen LogP contribution >= 0.6 is 0 Å². The summed E-state index contributed by atoms with van der Waals surface area (Å²) in [6, 6.07) is 7.79. The molecule has 0 bridgehead atoms. The number of carbonyl (C=O) groups is 1. The molecule has 0 spiro atoms. The van der Waals surface area contributed by atoms with Crippen molar-refractivity contribution >= 4 is 5.91 Å². The summed E-state index contributed by atoms with van der Waals surface area (Å²) < 4.78 is 18.9. The summed E-state index contributed by atoms with van der Waals surface area (Å²) in [5.74, 6) is 0.0467. The molecule has 1 atom stereocenters. The predicted molar refractivity (Wildman–Crippen MR) is 68.3 cm³/mol. The van der Waals surface area contributed by atoms with Gasteiger partial charge in [0.15, 0.2) is 0 Å². The molecule has 98 valence electrons. The smallest absolute Gasteiger partial charge is 0.254 e. The molecule has 3 rings (SSSR count). The maximum Gasteiger partial charge on any atom is 0.254 e. The minimum Gasteiger partial charge on any atom is -0.469 e. The minimum absolute atomic E-state index is 0.0816. The first-order valence-electron chi connectivity index (χ1n) is 6.37. The maximum atomic E-state index is 13.6. The third-order valence-electron chi connectivity index (χ3n) is 3.48. The predicted octanol–water partition coefficient (Wildman–Crippen LogP) is 3.23. The first-order valence-corrected chi connectivity index (χ1v) is 6.37. The molecule has 1 heterocycles. The monoisotopic (exact) mass is 259 g/mol. The summed E-state index contributed by atoms with van der Waals surface area (Å²) in [6.45, 7) is 0. The lowest BCUT2D eigenvalue weighted by atomic mass is 9.93. The third kappa shape index (κ3) is 2.26. The largest absolute Gasteiger partial charge is 0.469 e. The molecular weight excluding hydrogens is 245 g/mol. The zero-order valence-corrected chi connectivity index (χ0v) is 10.4. The molecule has 0 saturated heterocycles. The highest BCUT2D eigenvalue weighted by Crippen LogP contribution is 2.30. The quantitative estimate of drug-likeness (QED) is 0.899.